The highest BCUT2D eigenvalue weighted by Gasteiger charge is 2.41. The molecule has 0 N–H and O–H groups in total. The summed E-state index contributed by atoms with van der Waals surface area (Å²) in [6, 6.07) is 7.36. The molecule has 0 spiro atoms. The number of morpholine rings is 1. The number of carbonyl (C=O) groups excluding carboxylic acids is 3. The Balaban J connectivity index is 1.63. The SMILES string of the molecule is CC(C)CN(C(=O)c1nc2ccccc2s1)[C@H]1CC(C(=O)N2CCOCC2)CN(C(=O)OC(C)(C)C)C1. The summed E-state index contributed by atoms with van der Waals surface area (Å²) in [5.74, 6) is -0.396. The molecule has 0 radical (unpaired) electrons. The van der Waals surface area contributed by atoms with E-state index in [-0.39, 0.29) is 30.3 Å². The normalized spacial score (nSPS) is 20.8. The van der Waals surface area contributed by atoms with E-state index < -0.39 is 17.6 Å². The molecule has 1 aromatic carbocycles. The first-order valence-electron chi connectivity index (χ1n) is 13.0. The predicted octanol–water partition coefficient (Wildman–Crippen LogP) is 3.88. The predicted molar refractivity (Wildman–Crippen MR) is 143 cm³/mol. The summed E-state index contributed by atoms with van der Waals surface area (Å²) in [5.41, 5.74) is 0.127. The topological polar surface area (TPSA) is 92.3 Å². The molecule has 1 unspecified atom stereocenters. The third-order valence-corrected chi connectivity index (χ3v) is 7.52. The van der Waals surface area contributed by atoms with Gasteiger partial charge in [0.05, 0.1) is 35.4 Å². The standard InChI is InChI=1S/C27H38N4O5S/c1-18(2)15-31(25(33)23-28-21-8-6-7-9-22(21)37-23)20-14-19(24(32)29-10-12-35-13-11-29)16-30(17-20)26(34)36-27(3,4)5/h6-9,18-20H,10-17H2,1-5H3/t19?,20-/m0/s1. The third-order valence-electron chi connectivity index (χ3n) is 6.49. The van der Waals surface area contributed by atoms with Crippen molar-refractivity contribution in [2.45, 2.75) is 52.7 Å². The highest BCUT2D eigenvalue weighted by molar-refractivity contribution is 7.20. The van der Waals surface area contributed by atoms with Crippen LogP contribution in [0.2, 0.25) is 0 Å². The lowest BCUT2D eigenvalue weighted by Crippen LogP contribution is -2.58. The fourth-order valence-corrected chi connectivity index (χ4v) is 5.79. The van der Waals surface area contributed by atoms with Gasteiger partial charge in [-0.15, -0.1) is 11.3 Å². The quantitative estimate of drug-likeness (QED) is 0.583. The van der Waals surface area contributed by atoms with Crippen LogP contribution in [0.3, 0.4) is 0 Å². The molecule has 0 saturated carbocycles. The van der Waals surface area contributed by atoms with Crippen LogP contribution in [0.25, 0.3) is 10.2 Å². The molecular weight excluding hydrogens is 492 g/mol. The summed E-state index contributed by atoms with van der Waals surface area (Å²) in [6.45, 7) is 12.8. The molecule has 3 amide bonds. The molecule has 2 aromatic rings. The Bertz CT molecular complexity index is 1090. The Labute approximate surface area is 222 Å². The molecule has 202 valence electrons. The maximum atomic E-state index is 13.9. The Hall–Kier alpha value is -2.72. The van der Waals surface area contributed by atoms with Crippen LogP contribution in [0.5, 0.6) is 0 Å². The zero-order valence-electron chi connectivity index (χ0n) is 22.4. The summed E-state index contributed by atoms with van der Waals surface area (Å²) >= 11 is 1.37. The van der Waals surface area contributed by atoms with E-state index in [2.05, 4.69) is 18.8 Å². The molecule has 2 fully saturated rings. The van der Waals surface area contributed by atoms with Crippen molar-refractivity contribution in [1.29, 1.82) is 0 Å². The van der Waals surface area contributed by atoms with Gasteiger partial charge < -0.3 is 24.2 Å². The number of para-hydroxylation sites is 1. The molecule has 1 aromatic heterocycles. The van der Waals surface area contributed by atoms with Crippen molar-refractivity contribution >= 4 is 39.5 Å². The number of fused-ring (bicyclic) bond motifs is 1. The first kappa shape index (κ1) is 27.3. The van der Waals surface area contributed by atoms with E-state index in [1.165, 1.54) is 11.3 Å². The van der Waals surface area contributed by atoms with Gasteiger partial charge in [-0.1, -0.05) is 26.0 Å². The molecule has 2 aliphatic rings. The van der Waals surface area contributed by atoms with Crippen molar-refractivity contribution in [1.82, 2.24) is 19.7 Å². The Morgan fingerprint density at radius 2 is 1.84 bits per heavy atom. The van der Waals surface area contributed by atoms with Gasteiger partial charge in [-0.3, -0.25) is 9.59 Å². The van der Waals surface area contributed by atoms with Gasteiger partial charge in [0, 0.05) is 32.7 Å². The molecule has 2 aliphatic heterocycles. The molecule has 4 rings (SSSR count). The number of rotatable bonds is 5. The van der Waals surface area contributed by atoms with Crippen LogP contribution in [0, 0.1) is 11.8 Å². The smallest absolute Gasteiger partial charge is 0.410 e. The van der Waals surface area contributed by atoms with Crippen molar-refractivity contribution in [3.63, 3.8) is 0 Å². The van der Waals surface area contributed by atoms with E-state index in [9.17, 15) is 14.4 Å². The number of piperidine rings is 1. The second kappa shape index (κ2) is 11.3. The largest absolute Gasteiger partial charge is 0.444 e. The number of aromatic nitrogens is 1. The summed E-state index contributed by atoms with van der Waals surface area (Å²) in [6.07, 6.45) is 0.0210. The highest BCUT2D eigenvalue weighted by atomic mass is 32.1. The van der Waals surface area contributed by atoms with Crippen molar-refractivity contribution < 1.29 is 23.9 Å². The van der Waals surface area contributed by atoms with Gasteiger partial charge in [-0.05, 0) is 45.2 Å². The van der Waals surface area contributed by atoms with E-state index in [1.807, 2.05) is 54.8 Å². The van der Waals surface area contributed by atoms with Gasteiger partial charge >= 0.3 is 6.09 Å². The first-order chi connectivity index (χ1) is 17.5. The average molecular weight is 531 g/mol. The van der Waals surface area contributed by atoms with E-state index in [0.29, 0.717) is 50.8 Å². The minimum Gasteiger partial charge on any atom is -0.444 e. The lowest BCUT2D eigenvalue weighted by molar-refractivity contribution is -0.142. The average Bonchev–Trinajstić information content (AvgIpc) is 3.30. The third kappa shape index (κ3) is 6.78. The molecule has 3 heterocycles. The summed E-state index contributed by atoms with van der Waals surface area (Å²) < 4.78 is 12.0. The number of ether oxygens (including phenoxy) is 2. The van der Waals surface area contributed by atoms with Crippen LogP contribution in [-0.4, -0.2) is 95.2 Å². The van der Waals surface area contributed by atoms with Gasteiger partial charge in [0.25, 0.3) is 5.91 Å². The second-order valence-corrected chi connectivity index (χ2v) is 12.3. The van der Waals surface area contributed by atoms with E-state index in [0.717, 1.165) is 10.2 Å². The van der Waals surface area contributed by atoms with Crippen LogP contribution in [0.15, 0.2) is 24.3 Å². The molecular formula is C27H38N4O5S. The molecule has 9 nitrogen and oxygen atoms in total. The Morgan fingerprint density at radius 3 is 2.49 bits per heavy atom. The maximum Gasteiger partial charge on any atom is 0.410 e. The van der Waals surface area contributed by atoms with E-state index in [1.54, 1.807) is 4.90 Å². The number of amides is 3. The minimum absolute atomic E-state index is 0.00140. The number of nitrogens with zero attached hydrogens (tertiary/aromatic N) is 4. The summed E-state index contributed by atoms with van der Waals surface area (Å²) in [4.78, 5) is 50.4. The van der Waals surface area contributed by atoms with Crippen molar-refractivity contribution in [2.75, 3.05) is 45.9 Å². The van der Waals surface area contributed by atoms with Gasteiger partial charge in [0.15, 0.2) is 5.01 Å². The van der Waals surface area contributed by atoms with Crippen molar-refractivity contribution in [3.05, 3.63) is 29.3 Å². The molecule has 0 aliphatic carbocycles. The number of likely N-dealkylation sites (tertiary alicyclic amines) is 1. The zero-order valence-corrected chi connectivity index (χ0v) is 23.3. The number of thiazole rings is 1. The van der Waals surface area contributed by atoms with Crippen LogP contribution < -0.4 is 0 Å². The fourth-order valence-electron chi connectivity index (χ4n) is 4.87. The molecule has 10 heteroatoms. The Morgan fingerprint density at radius 1 is 1.14 bits per heavy atom. The first-order valence-corrected chi connectivity index (χ1v) is 13.8. The van der Waals surface area contributed by atoms with Crippen LogP contribution in [-0.2, 0) is 14.3 Å². The maximum absolute atomic E-state index is 13.9. The monoisotopic (exact) mass is 530 g/mol. The van der Waals surface area contributed by atoms with Crippen LogP contribution in [0.4, 0.5) is 4.79 Å². The van der Waals surface area contributed by atoms with Crippen LogP contribution >= 0.6 is 11.3 Å². The molecule has 37 heavy (non-hydrogen) atoms. The second-order valence-electron chi connectivity index (χ2n) is 11.2. The highest BCUT2D eigenvalue weighted by Crippen LogP contribution is 2.29. The number of benzene rings is 1. The van der Waals surface area contributed by atoms with Gasteiger partial charge in [0.2, 0.25) is 5.91 Å². The minimum atomic E-state index is -0.665. The summed E-state index contributed by atoms with van der Waals surface area (Å²) in [5, 5.41) is 0.423. The Kier molecular flexibility index (Phi) is 8.38. The molecule has 0 bridgehead atoms. The van der Waals surface area contributed by atoms with Crippen molar-refractivity contribution in [3.8, 4) is 0 Å². The fraction of sp³-hybridized carbons (Fsp3) is 0.630. The van der Waals surface area contributed by atoms with Gasteiger partial charge in [-0.25, -0.2) is 9.78 Å². The number of carbonyl (C=O) groups is 3. The zero-order chi connectivity index (χ0) is 26.7. The van der Waals surface area contributed by atoms with Crippen LogP contribution in [0.1, 0.15) is 50.8 Å². The molecule has 2 atom stereocenters. The lowest BCUT2D eigenvalue weighted by Gasteiger charge is -2.44. The van der Waals surface area contributed by atoms with Gasteiger partial charge in [-0.2, -0.15) is 0 Å². The van der Waals surface area contributed by atoms with Crippen molar-refractivity contribution in [2.24, 2.45) is 11.8 Å². The van der Waals surface area contributed by atoms with Gasteiger partial charge in [0.1, 0.15) is 5.60 Å². The number of hydrogen-bond acceptors (Lipinski definition) is 7. The number of hydrogen-bond donors (Lipinski definition) is 0. The van der Waals surface area contributed by atoms with E-state index >= 15 is 0 Å². The van der Waals surface area contributed by atoms with E-state index in [4.69, 9.17) is 9.47 Å². The lowest BCUT2D eigenvalue weighted by atomic mass is 9.91. The summed E-state index contributed by atoms with van der Waals surface area (Å²) in [7, 11) is 0. The molecule has 2 saturated heterocycles.